The molecular weight excluding hydrogens is 180 g/mol. The molecule has 1 rings (SSSR count). The van der Waals surface area contributed by atoms with Gasteiger partial charge >= 0.3 is 5.97 Å². The number of carboxylic acids is 1. The Kier molecular flexibility index (Phi) is 2.84. The van der Waals surface area contributed by atoms with Gasteiger partial charge in [-0.15, -0.1) is 0 Å². The predicted molar refractivity (Wildman–Crippen MR) is 52.1 cm³/mol. The van der Waals surface area contributed by atoms with Gasteiger partial charge in [-0.1, -0.05) is 20.8 Å². The molecule has 0 atom stereocenters. The van der Waals surface area contributed by atoms with E-state index in [1.165, 1.54) is 0 Å². The Morgan fingerprint density at radius 3 is 2.21 bits per heavy atom. The summed E-state index contributed by atoms with van der Waals surface area (Å²) < 4.78 is 0. The first-order valence-corrected chi connectivity index (χ1v) is 4.43. The number of nitrogens with zero attached hydrogens (tertiary/aromatic N) is 2. The summed E-state index contributed by atoms with van der Waals surface area (Å²) in [4.78, 5) is 18.4. The van der Waals surface area contributed by atoms with Gasteiger partial charge in [-0.2, -0.15) is 0 Å². The molecule has 0 aromatic carbocycles. The molecule has 0 aliphatic rings. The highest BCUT2D eigenvalue weighted by atomic mass is 16.4. The van der Waals surface area contributed by atoms with E-state index < -0.39 is 5.97 Å². The van der Waals surface area contributed by atoms with Gasteiger partial charge in [-0.05, 0) is 11.0 Å². The first-order valence-electron chi connectivity index (χ1n) is 4.43. The van der Waals surface area contributed by atoms with Gasteiger partial charge in [0.1, 0.15) is 12.2 Å². The largest absolute Gasteiger partial charge is 0.481 e. The lowest BCUT2D eigenvalue weighted by Crippen LogP contribution is -2.13. The lowest BCUT2D eigenvalue weighted by Gasteiger charge is -2.17. The third kappa shape index (κ3) is 2.80. The van der Waals surface area contributed by atoms with Gasteiger partial charge in [0.05, 0.1) is 0 Å². The molecule has 0 radical (unpaired) electrons. The van der Waals surface area contributed by atoms with E-state index in [0.717, 1.165) is 5.56 Å². The number of hydrogen-bond acceptors (Lipinski definition) is 3. The average Bonchev–Trinajstić information content (AvgIpc) is 2.02. The van der Waals surface area contributed by atoms with Gasteiger partial charge in [-0.3, -0.25) is 4.79 Å². The molecule has 0 saturated carbocycles. The van der Waals surface area contributed by atoms with Gasteiger partial charge in [0.15, 0.2) is 0 Å². The van der Waals surface area contributed by atoms with E-state index in [1.807, 2.05) is 0 Å². The summed E-state index contributed by atoms with van der Waals surface area (Å²) in [7, 11) is 0. The fourth-order valence-electron chi connectivity index (χ4n) is 0.969. The molecule has 0 aliphatic carbocycles. The van der Waals surface area contributed by atoms with Crippen LogP contribution in [0.3, 0.4) is 0 Å². The summed E-state index contributed by atoms with van der Waals surface area (Å²) in [6.45, 7) is 6.17. The highest BCUT2D eigenvalue weighted by Crippen LogP contribution is 2.19. The second-order valence-electron chi connectivity index (χ2n) is 4.21. The van der Waals surface area contributed by atoms with Crippen molar-refractivity contribution in [1.82, 2.24) is 9.97 Å². The third-order valence-corrected chi connectivity index (χ3v) is 1.88. The lowest BCUT2D eigenvalue weighted by atomic mass is 9.89. The van der Waals surface area contributed by atoms with Crippen molar-refractivity contribution in [1.29, 1.82) is 0 Å². The third-order valence-electron chi connectivity index (χ3n) is 1.88. The van der Waals surface area contributed by atoms with Crippen molar-refractivity contribution in [3.63, 3.8) is 0 Å². The predicted octanol–water partition coefficient (Wildman–Crippen LogP) is 1.40. The molecule has 14 heavy (non-hydrogen) atoms. The summed E-state index contributed by atoms with van der Waals surface area (Å²) in [5, 5.41) is 8.52. The normalized spacial score (nSPS) is 11.4. The SMILES string of the molecule is CC(C)(C)c1cnc(CC(=O)O)nc1. The van der Waals surface area contributed by atoms with E-state index in [0.29, 0.717) is 5.82 Å². The van der Waals surface area contributed by atoms with Crippen molar-refractivity contribution in [2.45, 2.75) is 32.6 Å². The molecule has 1 heterocycles. The van der Waals surface area contributed by atoms with Crippen LogP contribution in [0.25, 0.3) is 0 Å². The Hall–Kier alpha value is -1.45. The van der Waals surface area contributed by atoms with Crippen LogP contribution in [0.4, 0.5) is 0 Å². The molecule has 1 aromatic heterocycles. The number of aliphatic carboxylic acids is 1. The van der Waals surface area contributed by atoms with Crippen molar-refractivity contribution in [2.24, 2.45) is 0 Å². The molecule has 0 unspecified atom stereocenters. The van der Waals surface area contributed by atoms with Crippen LogP contribution in [-0.4, -0.2) is 21.0 Å². The number of hydrogen-bond donors (Lipinski definition) is 1. The van der Waals surface area contributed by atoms with Crippen molar-refractivity contribution in [3.8, 4) is 0 Å². The fourth-order valence-corrected chi connectivity index (χ4v) is 0.969. The lowest BCUT2D eigenvalue weighted by molar-refractivity contribution is -0.136. The summed E-state index contributed by atoms with van der Waals surface area (Å²) in [5.41, 5.74) is 1.01. The minimum Gasteiger partial charge on any atom is -0.481 e. The molecule has 4 heteroatoms. The van der Waals surface area contributed by atoms with Gasteiger partial charge in [0.2, 0.25) is 0 Å². The maximum Gasteiger partial charge on any atom is 0.311 e. The zero-order valence-corrected chi connectivity index (χ0v) is 8.61. The van der Waals surface area contributed by atoms with Crippen molar-refractivity contribution in [3.05, 3.63) is 23.8 Å². The minimum atomic E-state index is -0.909. The van der Waals surface area contributed by atoms with E-state index in [1.54, 1.807) is 12.4 Å². The van der Waals surface area contributed by atoms with E-state index in [-0.39, 0.29) is 11.8 Å². The van der Waals surface area contributed by atoms with Crippen LogP contribution in [0.2, 0.25) is 0 Å². The zero-order valence-electron chi connectivity index (χ0n) is 8.61. The second kappa shape index (κ2) is 3.74. The summed E-state index contributed by atoms with van der Waals surface area (Å²) in [6, 6.07) is 0. The monoisotopic (exact) mass is 194 g/mol. The topological polar surface area (TPSA) is 63.1 Å². The molecule has 0 spiro atoms. The molecule has 76 valence electrons. The van der Waals surface area contributed by atoms with Crippen LogP contribution in [0.1, 0.15) is 32.2 Å². The Balaban J connectivity index is 2.84. The highest BCUT2D eigenvalue weighted by molar-refractivity contribution is 5.68. The highest BCUT2D eigenvalue weighted by Gasteiger charge is 2.14. The smallest absolute Gasteiger partial charge is 0.311 e. The summed E-state index contributed by atoms with van der Waals surface area (Å²) in [6.07, 6.45) is 3.25. The van der Waals surface area contributed by atoms with Crippen LogP contribution in [0, 0.1) is 0 Å². The van der Waals surface area contributed by atoms with E-state index in [9.17, 15) is 4.79 Å². The Morgan fingerprint density at radius 1 is 1.36 bits per heavy atom. The maximum atomic E-state index is 10.4. The van der Waals surface area contributed by atoms with Crippen LogP contribution in [-0.2, 0) is 16.6 Å². The van der Waals surface area contributed by atoms with Gasteiger partial charge in [-0.25, -0.2) is 9.97 Å². The first kappa shape index (κ1) is 10.6. The second-order valence-corrected chi connectivity index (χ2v) is 4.21. The molecule has 0 bridgehead atoms. The van der Waals surface area contributed by atoms with Crippen LogP contribution in [0.5, 0.6) is 0 Å². The van der Waals surface area contributed by atoms with E-state index in [4.69, 9.17) is 5.11 Å². The fraction of sp³-hybridized carbons (Fsp3) is 0.500. The zero-order chi connectivity index (χ0) is 10.8. The summed E-state index contributed by atoms with van der Waals surface area (Å²) >= 11 is 0. The van der Waals surface area contributed by atoms with Crippen molar-refractivity contribution < 1.29 is 9.90 Å². The van der Waals surface area contributed by atoms with E-state index in [2.05, 4.69) is 30.7 Å². The quantitative estimate of drug-likeness (QED) is 0.773. The van der Waals surface area contributed by atoms with Gasteiger partial charge in [0, 0.05) is 12.4 Å². The Bertz CT molecular complexity index is 325. The molecule has 0 saturated heterocycles. The van der Waals surface area contributed by atoms with Crippen LogP contribution in [0.15, 0.2) is 12.4 Å². The minimum absolute atomic E-state index is 0.00174. The molecule has 4 nitrogen and oxygen atoms in total. The van der Waals surface area contributed by atoms with Crippen molar-refractivity contribution in [2.75, 3.05) is 0 Å². The molecular formula is C10H14N2O2. The first-order chi connectivity index (χ1) is 6.39. The molecule has 1 aromatic rings. The molecule has 1 N–H and O–H groups in total. The standard InChI is InChI=1S/C10H14N2O2/c1-10(2,3)7-5-11-8(12-6-7)4-9(13)14/h5-6H,4H2,1-3H3,(H,13,14). The molecule has 0 aliphatic heterocycles. The molecule has 0 fully saturated rings. The Morgan fingerprint density at radius 2 is 1.86 bits per heavy atom. The van der Waals surface area contributed by atoms with Crippen LogP contribution >= 0.6 is 0 Å². The number of aromatic nitrogens is 2. The van der Waals surface area contributed by atoms with Crippen molar-refractivity contribution >= 4 is 5.97 Å². The maximum absolute atomic E-state index is 10.4. The van der Waals surface area contributed by atoms with Crippen LogP contribution < -0.4 is 0 Å². The van der Waals surface area contributed by atoms with Gasteiger partial charge < -0.3 is 5.11 Å². The Labute approximate surface area is 83.0 Å². The van der Waals surface area contributed by atoms with Gasteiger partial charge in [0.25, 0.3) is 0 Å². The molecule has 0 amide bonds. The number of carboxylic acid groups (broad SMARTS) is 1. The average molecular weight is 194 g/mol. The number of rotatable bonds is 2. The summed E-state index contributed by atoms with van der Waals surface area (Å²) in [5.74, 6) is -0.556. The number of carbonyl (C=O) groups is 1. The van der Waals surface area contributed by atoms with E-state index >= 15 is 0 Å².